The number of amides is 1. The number of rotatable bonds is 6. The molecular weight excluding hydrogens is 268 g/mol. The first-order valence-corrected chi connectivity index (χ1v) is 6.94. The number of anilines is 1. The molecule has 6 nitrogen and oxygen atoms in total. The van der Waals surface area contributed by atoms with Gasteiger partial charge in [-0.3, -0.25) is 4.79 Å². The molecule has 0 spiro atoms. The normalized spacial score (nSPS) is 10.7. The fourth-order valence-electron chi connectivity index (χ4n) is 1.89. The van der Waals surface area contributed by atoms with Crippen LogP contribution in [0.5, 0.6) is 0 Å². The lowest BCUT2D eigenvalue weighted by Crippen LogP contribution is -2.31. The monoisotopic (exact) mass is 288 g/mol. The van der Waals surface area contributed by atoms with Crippen molar-refractivity contribution in [2.75, 3.05) is 5.32 Å². The first-order chi connectivity index (χ1) is 10.0. The molecule has 0 aliphatic heterocycles. The molecule has 21 heavy (non-hydrogen) atoms. The number of hydrogen-bond acceptors (Lipinski definition) is 5. The zero-order valence-electron chi connectivity index (χ0n) is 12.5. The van der Waals surface area contributed by atoms with E-state index >= 15 is 0 Å². The van der Waals surface area contributed by atoms with Crippen molar-refractivity contribution in [2.45, 2.75) is 39.8 Å². The van der Waals surface area contributed by atoms with Gasteiger partial charge in [0.05, 0.1) is 13.0 Å². The molecule has 6 heteroatoms. The fraction of sp³-hybridized carbons (Fsp3) is 0.400. The van der Waals surface area contributed by atoms with E-state index in [1.165, 1.54) is 0 Å². The SMILES string of the molecule is Cc1noc(CNc2ccc(CC(=O)NC(C)C)cc2)n1. The Labute approximate surface area is 123 Å². The predicted octanol–water partition coefficient (Wildman–Crippen LogP) is 2.06. The number of nitrogens with zero attached hydrogens (tertiary/aromatic N) is 2. The summed E-state index contributed by atoms with van der Waals surface area (Å²) in [5.41, 5.74) is 1.92. The zero-order chi connectivity index (χ0) is 15.2. The topological polar surface area (TPSA) is 80.0 Å². The molecule has 0 radical (unpaired) electrons. The molecule has 1 aromatic carbocycles. The highest BCUT2D eigenvalue weighted by Crippen LogP contribution is 2.11. The molecule has 0 aliphatic rings. The molecule has 0 aliphatic carbocycles. The second-order valence-corrected chi connectivity index (χ2v) is 5.18. The average Bonchev–Trinajstić information content (AvgIpc) is 2.83. The maximum absolute atomic E-state index is 11.7. The summed E-state index contributed by atoms with van der Waals surface area (Å²) >= 11 is 0. The Morgan fingerprint density at radius 3 is 2.57 bits per heavy atom. The van der Waals surface area contributed by atoms with Gasteiger partial charge >= 0.3 is 0 Å². The molecular formula is C15H20N4O2. The van der Waals surface area contributed by atoms with Gasteiger partial charge in [0.25, 0.3) is 0 Å². The van der Waals surface area contributed by atoms with Gasteiger partial charge in [0, 0.05) is 11.7 Å². The maximum Gasteiger partial charge on any atom is 0.245 e. The van der Waals surface area contributed by atoms with Crippen LogP contribution in [-0.4, -0.2) is 22.1 Å². The van der Waals surface area contributed by atoms with Gasteiger partial charge in [0.15, 0.2) is 5.82 Å². The van der Waals surface area contributed by atoms with E-state index in [1.807, 2.05) is 38.1 Å². The summed E-state index contributed by atoms with van der Waals surface area (Å²) in [5.74, 6) is 1.21. The molecule has 0 bridgehead atoms. The Hall–Kier alpha value is -2.37. The number of carbonyl (C=O) groups excluding carboxylic acids is 1. The molecule has 1 heterocycles. The number of aromatic nitrogens is 2. The van der Waals surface area contributed by atoms with E-state index in [1.54, 1.807) is 6.92 Å². The van der Waals surface area contributed by atoms with Crippen LogP contribution in [0.1, 0.15) is 31.1 Å². The van der Waals surface area contributed by atoms with Crippen LogP contribution in [-0.2, 0) is 17.8 Å². The van der Waals surface area contributed by atoms with Gasteiger partial charge in [-0.15, -0.1) is 0 Å². The van der Waals surface area contributed by atoms with Gasteiger partial charge in [-0.2, -0.15) is 4.98 Å². The Morgan fingerprint density at radius 2 is 2.00 bits per heavy atom. The van der Waals surface area contributed by atoms with E-state index in [0.717, 1.165) is 11.3 Å². The maximum atomic E-state index is 11.7. The second kappa shape index (κ2) is 6.88. The van der Waals surface area contributed by atoms with Gasteiger partial charge in [-0.25, -0.2) is 0 Å². The number of benzene rings is 1. The van der Waals surface area contributed by atoms with Crippen molar-refractivity contribution < 1.29 is 9.32 Å². The molecule has 1 amide bonds. The molecule has 0 saturated carbocycles. The van der Waals surface area contributed by atoms with Crippen molar-refractivity contribution >= 4 is 11.6 Å². The van der Waals surface area contributed by atoms with Crippen LogP contribution in [0.2, 0.25) is 0 Å². The van der Waals surface area contributed by atoms with Crippen molar-refractivity contribution in [1.29, 1.82) is 0 Å². The molecule has 0 unspecified atom stereocenters. The molecule has 2 N–H and O–H groups in total. The van der Waals surface area contributed by atoms with Gasteiger partial charge < -0.3 is 15.2 Å². The third kappa shape index (κ3) is 4.91. The summed E-state index contributed by atoms with van der Waals surface area (Å²) in [6.45, 7) is 6.16. The molecule has 0 saturated heterocycles. The first-order valence-electron chi connectivity index (χ1n) is 6.94. The standard InChI is InChI=1S/C15H20N4O2/c1-10(2)17-14(20)8-12-4-6-13(7-5-12)16-9-15-18-11(3)19-21-15/h4-7,10,16H,8-9H2,1-3H3,(H,17,20). The number of carbonyl (C=O) groups is 1. The van der Waals surface area contributed by atoms with Crippen molar-refractivity contribution in [3.05, 3.63) is 41.5 Å². The molecule has 1 aromatic heterocycles. The van der Waals surface area contributed by atoms with Gasteiger partial charge in [0.1, 0.15) is 0 Å². The summed E-state index contributed by atoms with van der Waals surface area (Å²) in [6.07, 6.45) is 0.390. The van der Waals surface area contributed by atoms with Crippen molar-refractivity contribution in [3.8, 4) is 0 Å². The minimum absolute atomic E-state index is 0.0343. The highest BCUT2D eigenvalue weighted by atomic mass is 16.5. The summed E-state index contributed by atoms with van der Waals surface area (Å²) in [4.78, 5) is 15.8. The van der Waals surface area contributed by atoms with Crippen LogP contribution in [0.25, 0.3) is 0 Å². The third-order valence-electron chi connectivity index (χ3n) is 2.78. The Morgan fingerprint density at radius 1 is 1.29 bits per heavy atom. The lowest BCUT2D eigenvalue weighted by atomic mass is 10.1. The van der Waals surface area contributed by atoms with Crippen molar-refractivity contribution in [3.63, 3.8) is 0 Å². The second-order valence-electron chi connectivity index (χ2n) is 5.18. The van der Waals surface area contributed by atoms with Crippen LogP contribution in [0.15, 0.2) is 28.8 Å². The first kappa shape index (κ1) is 15.0. The van der Waals surface area contributed by atoms with E-state index in [-0.39, 0.29) is 11.9 Å². The number of hydrogen-bond donors (Lipinski definition) is 2. The molecule has 0 fully saturated rings. The zero-order valence-corrected chi connectivity index (χ0v) is 12.5. The lowest BCUT2D eigenvalue weighted by Gasteiger charge is -2.09. The van der Waals surface area contributed by atoms with E-state index in [0.29, 0.717) is 24.7 Å². The van der Waals surface area contributed by atoms with Crippen LogP contribution >= 0.6 is 0 Å². The summed E-state index contributed by atoms with van der Waals surface area (Å²) in [6, 6.07) is 7.89. The Bertz CT molecular complexity index is 590. The highest BCUT2D eigenvalue weighted by molar-refractivity contribution is 5.78. The van der Waals surface area contributed by atoms with Crippen LogP contribution in [0.4, 0.5) is 5.69 Å². The van der Waals surface area contributed by atoms with E-state index in [9.17, 15) is 4.79 Å². The minimum Gasteiger partial charge on any atom is -0.376 e. The van der Waals surface area contributed by atoms with Crippen LogP contribution in [0, 0.1) is 6.92 Å². The minimum atomic E-state index is 0.0343. The number of aryl methyl sites for hydroxylation is 1. The van der Waals surface area contributed by atoms with Crippen molar-refractivity contribution in [1.82, 2.24) is 15.5 Å². The van der Waals surface area contributed by atoms with Gasteiger partial charge in [0.2, 0.25) is 11.8 Å². The summed E-state index contributed by atoms with van der Waals surface area (Å²) < 4.78 is 5.02. The van der Waals surface area contributed by atoms with Crippen molar-refractivity contribution in [2.24, 2.45) is 0 Å². The quantitative estimate of drug-likeness (QED) is 0.850. The summed E-state index contributed by atoms with van der Waals surface area (Å²) in [5, 5.41) is 9.79. The Balaban J connectivity index is 1.85. The molecule has 0 atom stereocenters. The smallest absolute Gasteiger partial charge is 0.245 e. The fourth-order valence-corrected chi connectivity index (χ4v) is 1.89. The number of nitrogens with one attached hydrogen (secondary N) is 2. The highest BCUT2D eigenvalue weighted by Gasteiger charge is 2.05. The van der Waals surface area contributed by atoms with Crippen LogP contribution in [0.3, 0.4) is 0 Å². The average molecular weight is 288 g/mol. The predicted molar refractivity (Wildman–Crippen MR) is 79.8 cm³/mol. The van der Waals surface area contributed by atoms with E-state index in [4.69, 9.17) is 4.52 Å². The van der Waals surface area contributed by atoms with Gasteiger partial charge in [-0.05, 0) is 38.5 Å². The van der Waals surface area contributed by atoms with E-state index in [2.05, 4.69) is 20.8 Å². The molecule has 112 valence electrons. The molecule has 2 rings (SSSR count). The largest absolute Gasteiger partial charge is 0.376 e. The summed E-state index contributed by atoms with van der Waals surface area (Å²) in [7, 11) is 0. The molecule has 2 aromatic rings. The third-order valence-corrected chi connectivity index (χ3v) is 2.78. The van der Waals surface area contributed by atoms with Gasteiger partial charge in [-0.1, -0.05) is 17.3 Å². The Kier molecular flexibility index (Phi) is 4.92. The van der Waals surface area contributed by atoms with Crippen LogP contribution < -0.4 is 10.6 Å². The van der Waals surface area contributed by atoms with E-state index < -0.39 is 0 Å². The lowest BCUT2D eigenvalue weighted by molar-refractivity contribution is -0.120.